The Morgan fingerprint density at radius 3 is 2.35 bits per heavy atom. The number of carbonyl (C=O) groups is 1. The summed E-state index contributed by atoms with van der Waals surface area (Å²) in [5, 5.41) is 12.7. The average molecular weight is 278 g/mol. The molecular formula is C17H30N2O. The van der Waals surface area contributed by atoms with Crippen LogP contribution in [0.1, 0.15) is 72.6 Å². The van der Waals surface area contributed by atoms with E-state index in [-0.39, 0.29) is 11.9 Å². The van der Waals surface area contributed by atoms with Crippen LogP contribution in [0, 0.1) is 28.6 Å². The Kier molecular flexibility index (Phi) is 6.52. The highest BCUT2D eigenvalue weighted by molar-refractivity contribution is 5.85. The number of hydrogen-bond acceptors (Lipinski definition) is 2. The van der Waals surface area contributed by atoms with Crippen molar-refractivity contribution in [1.82, 2.24) is 5.32 Å². The lowest BCUT2D eigenvalue weighted by Gasteiger charge is -2.36. The van der Waals surface area contributed by atoms with Crippen LogP contribution in [-0.4, -0.2) is 11.9 Å². The Labute approximate surface area is 124 Å². The molecule has 0 heterocycles. The molecule has 3 atom stereocenters. The summed E-state index contributed by atoms with van der Waals surface area (Å²) in [7, 11) is 0. The van der Waals surface area contributed by atoms with Crippen LogP contribution in [0.15, 0.2) is 0 Å². The summed E-state index contributed by atoms with van der Waals surface area (Å²) in [6.45, 7) is 8.57. The molecule has 0 aromatic heterocycles. The van der Waals surface area contributed by atoms with Crippen LogP contribution in [0.5, 0.6) is 0 Å². The lowest BCUT2D eigenvalue weighted by Crippen LogP contribution is -2.49. The smallest absolute Gasteiger partial charge is 0.240 e. The van der Waals surface area contributed by atoms with E-state index >= 15 is 0 Å². The van der Waals surface area contributed by atoms with E-state index in [1.54, 1.807) is 0 Å². The molecule has 1 aliphatic rings. The molecule has 0 radical (unpaired) electrons. The standard InChI is InChI=1S/C17H30N2O/c1-5-10-17(12-18,11-6-2)16(20)19-15-9-7-8-13(3)14(15)4/h13-15H,5-11H2,1-4H3,(H,19,20). The van der Waals surface area contributed by atoms with E-state index < -0.39 is 5.41 Å². The number of carbonyl (C=O) groups excluding carboxylic acids is 1. The third-order valence-electron chi connectivity index (χ3n) is 5.03. The summed E-state index contributed by atoms with van der Waals surface area (Å²) < 4.78 is 0. The van der Waals surface area contributed by atoms with Crippen LogP contribution in [0.3, 0.4) is 0 Å². The quantitative estimate of drug-likeness (QED) is 0.797. The maximum absolute atomic E-state index is 12.7. The summed E-state index contributed by atoms with van der Waals surface area (Å²) in [5.41, 5.74) is -0.816. The van der Waals surface area contributed by atoms with Gasteiger partial charge in [-0.25, -0.2) is 0 Å². The first-order valence-corrected chi connectivity index (χ1v) is 8.23. The maximum atomic E-state index is 12.7. The van der Waals surface area contributed by atoms with Crippen molar-refractivity contribution in [3.63, 3.8) is 0 Å². The number of nitrogens with one attached hydrogen (secondary N) is 1. The molecule has 0 spiro atoms. The summed E-state index contributed by atoms with van der Waals surface area (Å²) >= 11 is 0. The zero-order chi connectivity index (χ0) is 15.2. The number of nitrogens with zero attached hydrogens (tertiary/aromatic N) is 1. The summed E-state index contributed by atoms with van der Waals surface area (Å²) in [6, 6.07) is 2.56. The van der Waals surface area contributed by atoms with Gasteiger partial charge in [0.05, 0.1) is 6.07 Å². The van der Waals surface area contributed by atoms with E-state index in [2.05, 4.69) is 25.2 Å². The fraction of sp³-hybridized carbons (Fsp3) is 0.882. The molecule has 0 bridgehead atoms. The molecule has 0 aliphatic heterocycles. The van der Waals surface area contributed by atoms with E-state index in [0.29, 0.717) is 24.7 Å². The normalized spacial score (nSPS) is 26.9. The van der Waals surface area contributed by atoms with E-state index in [4.69, 9.17) is 0 Å². The first-order valence-electron chi connectivity index (χ1n) is 8.23. The van der Waals surface area contributed by atoms with Crippen molar-refractivity contribution in [3.8, 4) is 6.07 Å². The second-order valence-corrected chi connectivity index (χ2v) is 6.54. The maximum Gasteiger partial charge on any atom is 0.240 e. The van der Waals surface area contributed by atoms with Gasteiger partial charge in [-0.15, -0.1) is 0 Å². The minimum absolute atomic E-state index is 0.0327. The zero-order valence-corrected chi connectivity index (χ0v) is 13.5. The number of amides is 1. The monoisotopic (exact) mass is 278 g/mol. The summed E-state index contributed by atoms with van der Waals surface area (Å²) in [5.74, 6) is 1.13. The Hall–Kier alpha value is -1.04. The molecule has 0 aromatic rings. The Balaban J connectivity index is 2.78. The average Bonchev–Trinajstić information content (AvgIpc) is 2.43. The van der Waals surface area contributed by atoms with Gasteiger partial charge in [-0.05, 0) is 31.1 Å². The lowest BCUT2D eigenvalue weighted by atomic mass is 9.76. The number of nitriles is 1. The second-order valence-electron chi connectivity index (χ2n) is 6.54. The van der Waals surface area contributed by atoms with E-state index in [1.807, 2.05) is 13.8 Å². The Morgan fingerprint density at radius 2 is 1.85 bits per heavy atom. The van der Waals surface area contributed by atoms with Gasteiger partial charge < -0.3 is 5.32 Å². The SMILES string of the molecule is CCCC(C#N)(CCC)C(=O)NC1CCCC(C)C1C. The molecular weight excluding hydrogens is 248 g/mol. The van der Waals surface area contributed by atoms with Gasteiger partial charge in [0.15, 0.2) is 0 Å². The molecule has 0 aromatic carbocycles. The highest BCUT2D eigenvalue weighted by atomic mass is 16.2. The van der Waals surface area contributed by atoms with Crippen molar-refractivity contribution in [2.75, 3.05) is 0 Å². The molecule has 3 unspecified atom stereocenters. The van der Waals surface area contributed by atoms with Crippen LogP contribution in [0.4, 0.5) is 0 Å². The van der Waals surface area contributed by atoms with Gasteiger partial charge in [-0.3, -0.25) is 4.79 Å². The van der Waals surface area contributed by atoms with Crippen LogP contribution >= 0.6 is 0 Å². The van der Waals surface area contributed by atoms with E-state index in [0.717, 1.165) is 19.3 Å². The van der Waals surface area contributed by atoms with Gasteiger partial charge in [0.2, 0.25) is 5.91 Å². The summed E-state index contributed by atoms with van der Waals surface area (Å²) in [6.07, 6.45) is 6.56. The molecule has 3 heteroatoms. The van der Waals surface area contributed by atoms with Gasteiger partial charge in [-0.2, -0.15) is 5.26 Å². The van der Waals surface area contributed by atoms with E-state index in [9.17, 15) is 10.1 Å². The molecule has 114 valence electrons. The minimum Gasteiger partial charge on any atom is -0.352 e. The van der Waals surface area contributed by atoms with Crippen molar-refractivity contribution in [2.24, 2.45) is 17.3 Å². The highest BCUT2D eigenvalue weighted by Gasteiger charge is 2.39. The lowest BCUT2D eigenvalue weighted by molar-refractivity contribution is -0.130. The topological polar surface area (TPSA) is 52.9 Å². The second kappa shape index (κ2) is 7.67. The molecule has 0 saturated heterocycles. The van der Waals surface area contributed by atoms with Crippen LogP contribution < -0.4 is 5.32 Å². The van der Waals surface area contributed by atoms with Gasteiger partial charge in [0, 0.05) is 6.04 Å². The highest BCUT2D eigenvalue weighted by Crippen LogP contribution is 2.33. The molecule has 1 fully saturated rings. The zero-order valence-electron chi connectivity index (χ0n) is 13.5. The predicted octanol–water partition coefficient (Wildman–Crippen LogP) is 4.04. The molecule has 1 rings (SSSR count). The van der Waals surface area contributed by atoms with Gasteiger partial charge >= 0.3 is 0 Å². The van der Waals surface area contributed by atoms with Crippen molar-refractivity contribution in [1.29, 1.82) is 5.26 Å². The van der Waals surface area contributed by atoms with E-state index in [1.165, 1.54) is 12.8 Å². The number of hydrogen-bond donors (Lipinski definition) is 1. The van der Waals surface area contributed by atoms with Gasteiger partial charge in [0.25, 0.3) is 0 Å². The molecule has 20 heavy (non-hydrogen) atoms. The Bertz CT molecular complexity index is 352. The fourth-order valence-corrected chi connectivity index (χ4v) is 3.46. The molecule has 1 N–H and O–H groups in total. The summed E-state index contributed by atoms with van der Waals surface area (Å²) in [4.78, 5) is 12.7. The first kappa shape index (κ1) is 17.0. The van der Waals surface area contributed by atoms with Crippen LogP contribution in [-0.2, 0) is 4.79 Å². The third kappa shape index (κ3) is 3.75. The van der Waals surface area contributed by atoms with Crippen LogP contribution in [0.2, 0.25) is 0 Å². The number of rotatable bonds is 6. The predicted molar refractivity (Wildman–Crippen MR) is 82.0 cm³/mol. The van der Waals surface area contributed by atoms with Gasteiger partial charge in [0.1, 0.15) is 5.41 Å². The molecule has 1 amide bonds. The van der Waals surface area contributed by atoms with Crippen molar-refractivity contribution in [2.45, 2.75) is 78.7 Å². The first-order chi connectivity index (χ1) is 9.50. The Morgan fingerprint density at radius 1 is 1.25 bits per heavy atom. The molecule has 1 saturated carbocycles. The third-order valence-corrected chi connectivity index (χ3v) is 5.03. The van der Waals surface area contributed by atoms with Crippen molar-refractivity contribution < 1.29 is 4.79 Å². The van der Waals surface area contributed by atoms with Gasteiger partial charge in [-0.1, -0.05) is 53.4 Å². The molecule has 1 aliphatic carbocycles. The molecule has 3 nitrogen and oxygen atoms in total. The fourth-order valence-electron chi connectivity index (χ4n) is 3.46. The van der Waals surface area contributed by atoms with Crippen molar-refractivity contribution in [3.05, 3.63) is 0 Å². The van der Waals surface area contributed by atoms with Crippen molar-refractivity contribution >= 4 is 5.91 Å². The van der Waals surface area contributed by atoms with Crippen LogP contribution in [0.25, 0.3) is 0 Å². The minimum atomic E-state index is -0.816. The largest absolute Gasteiger partial charge is 0.352 e.